The van der Waals surface area contributed by atoms with Crippen molar-refractivity contribution >= 4 is 37.1 Å². The van der Waals surface area contributed by atoms with Gasteiger partial charge in [-0.05, 0) is 62.3 Å². The summed E-state index contributed by atoms with van der Waals surface area (Å²) in [5.74, 6) is -1.60. The number of halogens is 2. The third-order valence-electron chi connectivity index (χ3n) is 6.85. The van der Waals surface area contributed by atoms with Crippen molar-refractivity contribution in [1.29, 1.82) is 0 Å². The van der Waals surface area contributed by atoms with Crippen molar-refractivity contribution in [1.82, 2.24) is 14.8 Å². The quantitative estimate of drug-likeness (QED) is 0.529. The van der Waals surface area contributed by atoms with E-state index in [1.54, 1.807) is 17.9 Å². The number of hydrogen-bond acceptors (Lipinski definition) is 4. The summed E-state index contributed by atoms with van der Waals surface area (Å²) in [5, 5.41) is 13.3. The molecule has 0 spiro atoms. The third kappa shape index (κ3) is 4.42. The monoisotopic (exact) mass is 581 g/mol. The van der Waals surface area contributed by atoms with Crippen LogP contribution in [0.5, 0.6) is 5.75 Å². The van der Waals surface area contributed by atoms with E-state index in [1.807, 2.05) is 6.92 Å². The van der Waals surface area contributed by atoms with Gasteiger partial charge in [-0.2, -0.15) is 0 Å². The lowest BCUT2D eigenvalue weighted by atomic mass is 10.0. The van der Waals surface area contributed by atoms with Gasteiger partial charge in [-0.1, -0.05) is 32.2 Å². The summed E-state index contributed by atoms with van der Waals surface area (Å²) in [4.78, 5) is 40.8. The summed E-state index contributed by atoms with van der Waals surface area (Å²) in [5.41, 5.74) is -0.0595. The van der Waals surface area contributed by atoms with Gasteiger partial charge >= 0.3 is 0 Å². The number of pyridine rings is 1. The molecule has 1 fully saturated rings. The van der Waals surface area contributed by atoms with Crippen LogP contribution in [0.2, 0.25) is 0 Å². The number of hydrogen-bond donors (Lipinski definition) is 2. The first kappa shape index (κ1) is 24.6. The first-order valence-electron chi connectivity index (χ1n) is 11.4. The molecular formula is C25H29FIN3O4. The Hall–Kier alpha value is -2.56. The van der Waals surface area contributed by atoms with Crippen LogP contribution in [0.1, 0.15) is 65.1 Å². The topological polar surface area (TPSA) is 91.6 Å². The molecule has 2 aromatic rings. The Morgan fingerprint density at radius 2 is 2.03 bits per heavy atom. The molecule has 9 heteroatoms. The van der Waals surface area contributed by atoms with Crippen LogP contribution in [0.25, 0.3) is 0 Å². The number of nitrogens with one attached hydrogen (secondary N) is 1. The maximum absolute atomic E-state index is 14.0. The largest absolute Gasteiger partial charge is 0.503 e. The Bertz CT molecular complexity index is 1240. The van der Waals surface area contributed by atoms with Gasteiger partial charge in [0.25, 0.3) is 11.8 Å². The number of carbonyl (C=O) groups is 2. The molecule has 0 saturated heterocycles. The van der Waals surface area contributed by atoms with Crippen molar-refractivity contribution < 1.29 is 19.1 Å². The van der Waals surface area contributed by atoms with Crippen molar-refractivity contribution in [2.45, 2.75) is 65.2 Å². The van der Waals surface area contributed by atoms with Gasteiger partial charge in [-0.15, -0.1) is 0 Å². The second-order valence-corrected chi connectivity index (χ2v) is 11.3. The highest BCUT2D eigenvalue weighted by Gasteiger charge is 2.40. The Kier molecular flexibility index (Phi) is 6.93. The molecule has 1 aliphatic heterocycles. The van der Waals surface area contributed by atoms with Crippen LogP contribution in [-0.2, 0) is 13.1 Å². The molecule has 0 bridgehead atoms. The Labute approximate surface area is 207 Å². The summed E-state index contributed by atoms with van der Waals surface area (Å²) in [6.07, 6.45) is 4.20. The number of benzene rings is 1. The van der Waals surface area contributed by atoms with Gasteiger partial charge in [-0.25, -0.2) is 4.39 Å². The number of aromatic nitrogens is 1. The van der Waals surface area contributed by atoms with E-state index in [4.69, 9.17) is 0 Å². The first-order chi connectivity index (χ1) is 16.1. The highest BCUT2D eigenvalue weighted by molar-refractivity contribution is 14.2. The summed E-state index contributed by atoms with van der Waals surface area (Å²) >= 11 is -0.586. The predicted octanol–water partition coefficient (Wildman–Crippen LogP) is 3.54. The Balaban J connectivity index is 1.60. The zero-order valence-electron chi connectivity index (χ0n) is 19.5. The molecule has 2 heterocycles. The van der Waals surface area contributed by atoms with Gasteiger partial charge in [0.15, 0.2) is 11.4 Å². The molecule has 4 rings (SSSR count). The van der Waals surface area contributed by atoms with Gasteiger partial charge in [0, 0.05) is 34.9 Å². The van der Waals surface area contributed by atoms with E-state index in [0.29, 0.717) is 23.6 Å². The van der Waals surface area contributed by atoms with Crippen LogP contribution in [0.15, 0.2) is 23.1 Å². The first-order valence-corrected chi connectivity index (χ1v) is 14.0. The Morgan fingerprint density at radius 3 is 2.68 bits per heavy atom. The van der Waals surface area contributed by atoms with Gasteiger partial charge in [0.05, 0.1) is 0 Å². The minimum atomic E-state index is -0.883. The van der Waals surface area contributed by atoms with Gasteiger partial charge in [-0.3, -0.25) is 14.4 Å². The van der Waals surface area contributed by atoms with Crippen molar-refractivity contribution in [2.75, 3.05) is 0 Å². The van der Waals surface area contributed by atoms with Gasteiger partial charge in [0.2, 0.25) is 5.43 Å². The molecule has 1 aromatic carbocycles. The summed E-state index contributed by atoms with van der Waals surface area (Å²) in [6, 6.07) is 3.07. The summed E-state index contributed by atoms with van der Waals surface area (Å²) < 4.78 is 20.4. The van der Waals surface area contributed by atoms with Crippen molar-refractivity contribution in [3.05, 3.63) is 60.3 Å². The number of nitrogens with zero attached hydrogens (tertiary/aromatic N) is 2. The van der Waals surface area contributed by atoms with E-state index in [9.17, 15) is 23.9 Å². The molecule has 2 N–H and O–H groups in total. The second kappa shape index (κ2) is 9.59. The van der Waals surface area contributed by atoms with Crippen LogP contribution >= 0.6 is 20.7 Å². The average molecular weight is 581 g/mol. The number of fused-ring (bicyclic) bond motifs is 1. The van der Waals surface area contributed by atoms with E-state index < -0.39 is 37.8 Å². The molecule has 1 unspecified atom stereocenters. The summed E-state index contributed by atoms with van der Waals surface area (Å²) in [7, 11) is 0. The van der Waals surface area contributed by atoms with Crippen molar-refractivity contribution in [3.63, 3.8) is 0 Å². The second-order valence-electron chi connectivity index (χ2n) is 9.36. The predicted molar refractivity (Wildman–Crippen MR) is 137 cm³/mol. The highest BCUT2D eigenvalue weighted by atomic mass is 127. The number of aryl methyl sites for hydroxylation is 1. The van der Waals surface area contributed by atoms with E-state index in [-0.39, 0.29) is 41.6 Å². The lowest BCUT2D eigenvalue weighted by molar-refractivity contribution is 0.0489. The molecule has 1 aromatic heterocycles. The minimum Gasteiger partial charge on any atom is -0.503 e. The standard InChI is InChI=1S/C25H29FIN3O4/c1-13-5-6-17(7-13)30-15(3)11-29-12-18(22(31)23(32)21(29)25(30)34)24(33)28-10-16-9-19(26)14(2)8-20(16)27-4/h8-9,12-13,15,17,32H,4-7,10-11H2,1-3H3,(H,28,33)/t13-,15+,17?/m0/s1. The van der Waals surface area contributed by atoms with E-state index in [1.165, 1.54) is 16.8 Å². The Morgan fingerprint density at radius 1 is 1.29 bits per heavy atom. The molecule has 2 amide bonds. The fraction of sp³-hybridized carbons (Fsp3) is 0.440. The zero-order chi connectivity index (χ0) is 24.7. The van der Waals surface area contributed by atoms with Crippen LogP contribution < -0.4 is 10.7 Å². The number of amides is 2. The SMILES string of the molecule is C=Ic1cc(C)c(F)cc1CNC(=O)c1cn2c(c(O)c1=O)C(=O)N(C1CC[C@H](C)C1)[C@H](C)C2. The molecular weight excluding hydrogens is 552 g/mol. The molecule has 34 heavy (non-hydrogen) atoms. The molecule has 0 radical (unpaired) electrons. The molecule has 1 aliphatic carbocycles. The normalized spacial score (nSPS) is 22.1. The smallest absolute Gasteiger partial charge is 0.275 e. The van der Waals surface area contributed by atoms with Crippen LogP contribution in [0.3, 0.4) is 0 Å². The maximum Gasteiger partial charge on any atom is 0.275 e. The third-order valence-corrected chi connectivity index (χ3v) is 8.67. The number of carbonyl (C=O) groups excluding carboxylic acids is 2. The van der Waals surface area contributed by atoms with E-state index >= 15 is 0 Å². The zero-order valence-corrected chi connectivity index (χ0v) is 21.7. The lowest BCUT2D eigenvalue weighted by Gasteiger charge is -2.40. The fourth-order valence-corrected chi connectivity index (χ4v) is 6.57. The van der Waals surface area contributed by atoms with Crippen LogP contribution in [0, 0.1) is 22.2 Å². The van der Waals surface area contributed by atoms with Gasteiger partial charge < -0.3 is 19.9 Å². The van der Waals surface area contributed by atoms with Crippen molar-refractivity contribution in [2.24, 2.45) is 5.92 Å². The molecule has 3 atom stereocenters. The lowest BCUT2D eigenvalue weighted by Crippen LogP contribution is -2.52. The number of rotatable bonds is 5. The van der Waals surface area contributed by atoms with E-state index in [0.717, 1.165) is 22.8 Å². The maximum atomic E-state index is 14.0. The van der Waals surface area contributed by atoms with Crippen molar-refractivity contribution in [3.8, 4) is 5.75 Å². The average Bonchev–Trinajstić information content (AvgIpc) is 3.21. The molecule has 182 valence electrons. The number of aromatic hydroxyl groups is 1. The minimum absolute atomic E-state index is 0.0333. The summed E-state index contributed by atoms with van der Waals surface area (Å²) in [6.45, 7) is 6.18. The molecule has 1 saturated carbocycles. The molecule has 7 nitrogen and oxygen atoms in total. The highest BCUT2D eigenvalue weighted by Crippen LogP contribution is 2.34. The fourth-order valence-electron chi connectivity index (χ4n) is 5.05. The van der Waals surface area contributed by atoms with E-state index in [2.05, 4.69) is 16.8 Å². The van der Waals surface area contributed by atoms with Gasteiger partial charge in [0.1, 0.15) is 11.4 Å². The van der Waals surface area contributed by atoms with Crippen LogP contribution in [0.4, 0.5) is 4.39 Å². The molecule has 2 aliphatic rings. The van der Waals surface area contributed by atoms with Crippen LogP contribution in [-0.4, -0.2) is 43.0 Å².